The van der Waals surface area contributed by atoms with Crippen molar-refractivity contribution in [1.82, 2.24) is 0 Å². The van der Waals surface area contributed by atoms with E-state index in [1.54, 1.807) is 6.07 Å². The third-order valence-corrected chi connectivity index (χ3v) is 4.10. The maximum Gasteiger partial charge on any atom is 0.147 e. The number of rotatable bonds is 4. The topological polar surface area (TPSA) is 35.2 Å². The molecule has 0 atom stereocenters. The van der Waals surface area contributed by atoms with Crippen LogP contribution in [0.3, 0.4) is 0 Å². The van der Waals surface area contributed by atoms with Gasteiger partial charge < -0.3 is 10.5 Å². The lowest BCUT2D eigenvalue weighted by Crippen LogP contribution is -2.03. The molecule has 0 spiro atoms. The highest BCUT2D eigenvalue weighted by atomic mass is 79.9. The molecule has 2 aromatic carbocycles. The van der Waals surface area contributed by atoms with Crippen molar-refractivity contribution >= 4 is 43.5 Å². The number of benzene rings is 2. The van der Waals surface area contributed by atoms with Crippen molar-refractivity contribution in [3.05, 3.63) is 55.9 Å². The number of hydrogen-bond acceptors (Lipinski definition) is 2. The van der Waals surface area contributed by atoms with E-state index in [1.165, 1.54) is 0 Å². The first-order valence-electron chi connectivity index (χ1n) is 5.71. The predicted molar refractivity (Wildman–Crippen MR) is 86.1 cm³/mol. The van der Waals surface area contributed by atoms with Gasteiger partial charge in [-0.3, -0.25) is 0 Å². The van der Waals surface area contributed by atoms with Gasteiger partial charge in [-0.05, 0) is 48.9 Å². The van der Waals surface area contributed by atoms with Crippen LogP contribution in [0.2, 0.25) is 5.02 Å². The summed E-state index contributed by atoms with van der Waals surface area (Å²) in [5, 5.41) is 0.574. The Bertz CT molecular complexity index is 590. The molecule has 0 amide bonds. The van der Waals surface area contributed by atoms with Gasteiger partial charge in [-0.25, -0.2) is 0 Å². The van der Waals surface area contributed by atoms with E-state index in [0.29, 0.717) is 17.3 Å². The maximum atomic E-state index is 6.09. The molecule has 0 unspecified atom stereocenters. The van der Waals surface area contributed by atoms with Crippen LogP contribution in [-0.2, 0) is 6.42 Å². The Hall–Kier alpha value is -0.550. The molecule has 0 heterocycles. The third kappa shape index (κ3) is 3.96. The van der Waals surface area contributed by atoms with Crippen LogP contribution in [0.25, 0.3) is 0 Å². The van der Waals surface area contributed by atoms with Crippen molar-refractivity contribution in [2.75, 3.05) is 6.54 Å². The van der Waals surface area contributed by atoms with E-state index in [-0.39, 0.29) is 0 Å². The van der Waals surface area contributed by atoms with Gasteiger partial charge in [0.25, 0.3) is 0 Å². The van der Waals surface area contributed by atoms with Gasteiger partial charge in [-0.15, -0.1) is 0 Å². The molecule has 0 bridgehead atoms. The molecule has 0 aliphatic carbocycles. The van der Waals surface area contributed by atoms with Crippen LogP contribution in [0.15, 0.2) is 45.3 Å². The van der Waals surface area contributed by atoms with Gasteiger partial charge >= 0.3 is 0 Å². The molecule has 0 radical (unpaired) electrons. The van der Waals surface area contributed by atoms with Gasteiger partial charge in [0.15, 0.2) is 0 Å². The number of nitrogens with two attached hydrogens (primary N) is 1. The SMILES string of the molecule is NCCc1ccc(Oc2cc(Br)ccc2Cl)cc1Br. The Morgan fingerprint density at radius 3 is 2.58 bits per heavy atom. The smallest absolute Gasteiger partial charge is 0.147 e. The lowest BCUT2D eigenvalue weighted by atomic mass is 10.1. The van der Waals surface area contributed by atoms with Crippen LogP contribution >= 0.6 is 43.5 Å². The first kappa shape index (κ1) is 14.9. The summed E-state index contributed by atoms with van der Waals surface area (Å²) in [7, 11) is 0. The monoisotopic (exact) mass is 403 g/mol. The largest absolute Gasteiger partial charge is 0.456 e. The van der Waals surface area contributed by atoms with Crippen LogP contribution in [0.4, 0.5) is 0 Å². The Balaban J connectivity index is 2.24. The molecular formula is C14H12Br2ClNO. The normalized spacial score (nSPS) is 10.5. The van der Waals surface area contributed by atoms with Gasteiger partial charge in [-0.1, -0.05) is 49.5 Å². The molecule has 100 valence electrons. The molecule has 0 aliphatic rings. The summed E-state index contributed by atoms with van der Waals surface area (Å²) in [5.41, 5.74) is 6.72. The second-order valence-corrected chi connectivity index (χ2v) is 6.15. The zero-order chi connectivity index (χ0) is 13.8. The third-order valence-electron chi connectivity index (χ3n) is 2.56. The Morgan fingerprint density at radius 2 is 1.89 bits per heavy atom. The molecule has 0 aromatic heterocycles. The van der Waals surface area contributed by atoms with Crippen molar-refractivity contribution in [2.45, 2.75) is 6.42 Å². The molecule has 0 saturated heterocycles. The number of ether oxygens (including phenoxy) is 1. The lowest BCUT2D eigenvalue weighted by Gasteiger charge is -2.10. The zero-order valence-electron chi connectivity index (χ0n) is 10.00. The molecule has 2 N–H and O–H groups in total. The fourth-order valence-corrected chi connectivity index (χ4v) is 2.68. The van der Waals surface area contributed by atoms with Crippen LogP contribution in [0.1, 0.15) is 5.56 Å². The second-order valence-electron chi connectivity index (χ2n) is 3.97. The fourth-order valence-electron chi connectivity index (χ4n) is 1.63. The molecule has 0 saturated carbocycles. The van der Waals surface area contributed by atoms with E-state index in [1.807, 2.05) is 30.3 Å². The minimum atomic E-state index is 0.574. The highest BCUT2D eigenvalue weighted by Gasteiger charge is 2.06. The maximum absolute atomic E-state index is 6.09. The van der Waals surface area contributed by atoms with Crippen molar-refractivity contribution in [3.63, 3.8) is 0 Å². The summed E-state index contributed by atoms with van der Waals surface area (Å²) in [6.45, 7) is 0.621. The van der Waals surface area contributed by atoms with E-state index in [2.05, 4.69) is 31.9 Å². The molecule has 0 aliphatic heterocycles. The van der Waals surface area contributed by atoms with Gasteiger partial charge in [0.2, 0.25) is 0 Å². The highest BCUT2D eigenvalue weighted by molar-refractivity contribution is 9.10. The molecule has 2 nitrogen and oxygen atoms in total. The van der Waals surface area contributed by atoms with Gasteiger partial charge in [0.1, 0.15) is 11.5 Å². The first-order chi connectivity index (χ1) is 9.10. The summed E-state index contributed by atoms with van der Waals surface area (Å²) in [5.74, 6) is 1.35. The molecule has 2 rings (SSSR count). The summed E-state index contributed by atoms with van der Waals surface area (Å²) in [6.07, 6.45) is 0.832. The summed E-state index contributed by atoms with van der Waals surface area (Å²) in [4.78, 5) is 0. The Labute approximate surface area is 134 Å². The molecule has 19 heavy (non-hydrogen) atoms. The molecule has 2 aromatic rings. The zero-order valence-corrected chi connectivity index (χ0v) is 13.9. The van der Waals surface area contributed by atoms with E-state index in [9.17, 15) is 0 Å². The van der Waals surface area contributed by atoms with Crippen LogP contribution in [-0.4, -0.2) is 6.54 Å². The van der Waals surface area contributed by atoms with Crippen molar-refractivity contribution < 1.29 is 4.74 Å². The fraction of sp³-hybridized carbons (Fsp3) is 0.143. The van der Waals surface area contributed by atoms with Crippen molar-refractivity contribution in [2.24, 2.45) is 5.73 Å². The van der Waals surface area contributed by atoms with Gasteiger partial charge in [-0.2, -0.15) is 0 Å². The van der Waals surface area contributed by atoms with E-state index in [0.717, 1.165) is 26.7 Å². The van der Waals surface area contributed by atoms with E-state index >= 15 is 0 Å². The predicted octanol–water partition coefficient (Wildman–Crippen LogP) is 5.16. The van der Waals surface area contributed by atoms with Crippen LogP contribution in [0, 0.1) is 0 Å². The standard InChI is InChI=1S/C14H12Br2ClNO/c15-10-2-4-13(17)14(7-10)19-11-3-1-9(5-6-18)12(16)8-11/h1-4,7-8H,5-6,18H2. The van der Waals surface area contributed by atoms with Crippen molar-refractivity contribution in [1.29, 1.82) is 0 Å². The summed E-state index contributed by atoms with van der Waals surface area (Å²) in [6, 6.07) is 11.3. The molecule has 0 fully saturated rings. The van der Waals surface area contributed by atoms with Gasteiger partial charge in [0.05, 0.1) is 5.02 Å². The Kier molecular flexibility index (Phi) is 5.28. The molecule has 5 heteroatoms. The average molecular weight is 406 g/mol. The van der Waals surface area contributed by atoms with Gasteiger partial charge in [0, 0.05) is 8.95 Å². The van der Waals surface area contributed by atoms with Crippen molar-refractivity contribution in [3.8, 4) is 11.5 Å². The number of halogens is 3. The summed E-state index contributed by atoms with van der Waals surface area (Å²) < 4.78 is 7.69. The van der Waals surface area contributed by atoms with Crippen LogP contribution in [0.5, 0.6) is 11.5 Å². The average Bonchev–Trinajstić information content (AvgIpc) is 2.37. The minimum absolute atomic E-state index is 0.574. The van der Waals surface area contributed by atoms with E-state index < -0.39 is 0 Å². The Morgan fingerprint density at radius 1 is 1.11 bits per heavy atom. The quantitative estimate of drug-likeness (QED) is 0.763. The lowest BCUT2D eigenvalue weighted by molar-refractivity contribution is 0.482. The summed E-state index contributed by atoms with van der Waals surface area (Å²) >= 11 is 13.0. The first-order valence-corrected chi connectivity index (χ1v) is 7.68. The van der Waals surface area contributed by atoms with E-state index in [4.69, 9.17) is 22.1 Å². The minimum Gasteiger partial charge on any atom is -0.456 e. The van der Waals surface area contributed by atoms with Crippen LogP contribution < -0.4 is 10.5 Å². The number of hydrogen-bond donors (Lipinski definition) is 1. The molecular weight excluding hydrogens is 393 g/mol. The highest BCUT2D eigenvalue weighted by Crippen LogP contribution is 2.33. The second kappa shape index (κ2) is 6.75.